The summed E-state index contributed by atoms with van der Waals surface area (Å²) < 4.78 is 5.21. The highest BCUT2D eigenvalue weighted by Crippen LogP contribution is 2.27. The fourth-order valence-corrected chi connectivity index (χ4v) is 3.83. The van der Waals surface area contributed by atoms with Crippen molar-refractivity contribution in [2.24, 2.45) is 5.92 Å². The molecule has 0 fully saturated rings. The maximum absolute atomic E-state index is 13.1. The van der Waals surface area contributed by atoms with Crippen LogP contribution in [0.3, 0.4) is 0 Å². The molecule has 0 spiro atoms. The van der Waals surface area contributed by atoms with Crippen LogP contribution in [0.25, 0.3) is 0 Å². The lowest BCUT2D eigenvalue weighted by Crippen LogP contribution is -2.27. The fourth-order valence-electron chi connectivity index (χ4n) is 2.79. The Kier molecular flexibility index (Phi) is 6.34. The van der Waals surface area contributed by atoms with Crippen LogP contribution in [0.1, 0.15) is 36.1 Å². The molecule has 0 amide bonds. The lowest BCUT2D eigenvalue weighted by atomic mass is 9.88. The number of benzene rings is 1. The van der Waals surface area contributed by atoms with Gasteiger partial charge in [0.1, 0.15) is 5.69 Å². The zero-order valence-electron chi connectivity index (χ0n) is 14.9. The maximum atomic E-state index is 13.1. The van der Waals surface area contributed by atoms with E-state index < -0.39 is 11.9 Å². The third-order valence-electron chi connectivity index (χ3n) is 4.15. The van der Waals surface area contributed by atoms with Crippen LogP contribution in [-0.2, 0) is 11.2 Å². The maximum Gasteiger partial charge on any atom is 0.337 e. The van der Waals surface area contributed by atoms with Crippen LogP contribution in [0.15, 0.2) is 60.8 Å². The molecular formula is C21H16ClNO4S. The van der Waals surface area contributed by atoms with Crippen LogP contribution in [0.4, 0.5) is 0 Å². The summed E-state index contributed by atoms with van der Waals surface area (Å²) in [5.41, 5.74) is 1.25. The number of carbonyl (C=O) groups is 3. The molecule has 7 heteroatoms. The largest absolute Gasteiger partial charge is 0.465 e. The molecule has 0 saturated heterocycles. The quantitative estimate of drug-likeness (QED) is 0.323. The van der Waals surface area contributed by atoms with Crippen LogP contribution in [0.2, 0.25) is 4.34 Å². The van der Waals surface area contributed by atoms with Gasteiger partial charge in [-0.3, -0.25) is 14.6 Å². The summed E-state index contributed by atoms with van der Waals surface area (Å²) in [6.07, 6.45) is 1.64. The number of pyridine rings is 1. The van der Waals surface area contributed by atoms with Gasteiger partial charge in [0.15, 0.2) is 11.6 Å². The number of thiophene rings is 1. The average molecular weight is 414 g/mol. The monoisotopic (exact) mass is 413 g/mol. The van der Waals surface area contributed by atoms with Gasteiger partial charge in [0.25, 0.3) is 0 Å². The van der Waals surface area contributed by atoms with E-state index in [0.29, 0.717) is 20.3 Å². The number of rotatable bonds is 7. The fraction of sp³-hybridized carbons (Fsp3) is 0.143. The molecule has 3 rings (SSSR count). The normalized spacial score (nSPS) is 11.6. The molecule has 28 heavy (non-hydrogen) atoms. The van der Waals surface area contributed by atoms with Gasteiger partial charge in [0.05, 0.1) is 27.8 Å². The molecule has 1 unspecified atom stereocenters. The number of esters is 1. The molecule has 1 atom stereocenters. The number of aromatic nitrogens is 1. The summed E-state index contributed by atoms with van der Waals surface area (Å²) in [6, 6.07) is 14.9. The van der Waals surface area contributed by atoms with Gasteiger partial charge < -0.3 is 4.74 Å². The van der Waals surface area contributed by atoms with Crippen molar-refractivity contribution in [1.29, 1.82) is 0 Å². The molecule has 2 aromatic heterocycles. The highest BCUT2D eigenvalue weighted by Gasteiger charge is 2.30. The Morgan fingerprint density at radius 2 is 1.89 bits per heavy atom. The van der Waals surface area contributed by atoms with Crippen LogP contribution >= 0.6 is 22.9 Å². The minimum atomic E-state index is -0.975. The lowest BCUT2D eigenvalue weighted by molar-refractivity contribution is 0.0600. The van der Waals surface area contributed by atoms with E-state index in [2.05, 4.69) is 4.98 Å². The molecule has 0 saturated carbocycles. The molecular weight excluding hydrogens is 398 g/mol. The van der Waals surface area contributed by atoms with Crippen molar-refractivity contribution in [1.82, 2.24) is 4.98 Å². The van der Waals surface area contributed by atoms with Crippen molar-refractivity contribution in [2.45, 2.75) is 6.42 Å². The second kappa shape index (κ2) is 8.91. The first-order chi connectivity index (χ1) is 13.5. The van der Waals surface area contributed by atoms with Gasteiger partial charge in [-0.05, 0) is 48.4 Å². The number of ketones is 2. The van der Waals surface area contributed by atoms with Gasteiger partial charge in [-0.25, -0.2) is 4.79 Å². The van der Waals surface area contributed by atoms with Crippen molar-refractivity contribution >= 4 is 40.5 Å². The SMILES string of the molecule is COC(=O)c1cccc(CC(C(=O)c2ccccn2)C(=O)c2ccc(Cl)s2)c1. The number of methoxy groups -OCH3 is 1. The topological polar surface area (TPSA) is 73.3 Å². The van der Waals surface area contributed by atoms with E-state index in [1.165, 1.54) is 13.3 Å². The number of ether oxygens (including phenoxy) is 1. The van der Waals surface area contributed by atoms with Crippen molar-refractivity contribution in [3.8, 4) is 0 Å². The zero-order chi connectivity index (χ0) is 20.1. The first-order valence-electron chi connectivity index (χ1n) is 8.41. The molecule has 0 N–H and O–H groups in total. The Balaban J connectivity index is 1.95. The van der Waals surface area contributed by atoms with E-state index in [1.807, 2.05) is 0 Å². The van der Waals surface area contributed by atoms with Crippen LogP contribution < -0.4 is 0 Å². The van der Waals surface area contributed by atoms with Crippen molar-refractivity contribution < 1.29 is 19.1 Å². The van der Waals surface area contributed by atoms with Crippen molar-refractivity contribution in [3.05, 3.63) is 86.8 Å². The lowest BCUT2D eigenvalue weighted by Gasteiger charge is -2.14. The standard InChI is InChI=1S/C21H16ClNO4S/c1-27-21(26)14-6-4-5-13(11-14)12-15(19(24)16-7-2-3-10-23-16)20(25)17-8-9-18(22)28-17/h2-11,15H,12H2,1H3. The number of nitrogens with zero attached hydrogens (tertiary/aromatic N) is 1. The summed E-state index contributed by atoms with van der Waals surface area (Å²) >= 11 is 7.08. The first kappa shape index (κ1) is 19.9. The second-order valence-electron chi connectivity index (χ2n) is 6.00. The van der Waals surface area contributed by atoms with E-state index in [0.717, 1.165) is 11.3 Å². The second-order valence-corrected chi connectivity index (χ2v) is 7.71. The predicted octanol–water partition coefficient (Wildman–Crippen LogP) is 4.51. The summed E-state index contributed by atoms with van der Waals surface area (Å²) in [7, 11) is 1.30. The van der Waals surface area contributed by atoms with Gasteiger partial charge in [-0.1, -0.05) is 29.8 Å². The average Bonchev–Trinajstić information content (AvgIpc) is 3.17. The van der Waals surface area contributed by atoms with E-state index >= 15 is 0 Å². The Hall–Kier alpha value is -2.83. The summed E-state index contributed by atoms with van der Waals surface area (Å²) in [4.78, 5) is 42.4. The summed E-state index contributed by atoms with van der Waals surface area (Å²) in [5.74, 6) is -2.15. The molecule has 2 heterocycles. The Labute approximate surface area is 170 Å². The van der Waals surface area contributed by atoms with E-state index in [-0.39, 0.29) is 23.7 Å². The predicted molar refractivity (Wildman–Crippen MR) is 107 cm³/mol. The van der Waals surface area contributed by atoms with Gasteiger partial charge in [-0.2, -0.15) is 0 Å². The van der Waals surface area contributed by atoms with E-state index in [1.54, 1.807) is 54.6 Å². The Bertz CT molecular complexity index is 1020. The van der Waals surface area contributed by atoms with E-state index in [4.69, 9.17) is 16.3 Å². The van der Waals surface area contributed by atoms with Crippen LogP contribution in [0.5, 0.6) is 0 Å². The zero-order valence-corrected chi connectivity index (χ0v) is 16.5. The van der Waals surface area contributed by atoms with Crippen LogP contribution in [-0.4, -0.2) is 29.6 Å². The first-order valence-corrected chi connectivity index (χ1v) is 9.61. The smallest absolute Gasteiger partial charge is 0.337 e. The number of halogens is 1. The molecule has 0 aliphatic heterocycles. The summed E-state index contributed by atoms with van der Waals surface area (Å²) in [6.45, 7) is 0. The molecule has 142 valence electrons. The number of carbonyl (C=O) groups excluding carboxylic acids is 3. The third kappa shape index (κ3) is 4.52. The molecule has 1 aromatic carbocycles. The molecule has 3 aromatic rings. The van der Waals surface area contributed by atoms with Gasteiger partial charge in [0.2, 0.25) is 0 Å². The molecule has 0 radical (unpaired) electrons. The Morgan fingerprint density at radius 3 is 2.54 bits per heavy atom. The number of hydrogen-bond acceptors (Lipinski definition) is 6. The van der Waals surface area contributed by atoms with E-state index in [9.17, 15) is 14.4 Å². The highest BCUT2D eigenvalue weighted by atomic mass is 35.5. The summed E-state index contributed by atoms with van der Waals surface area (Å²) in [5, 5.41) is 0. The third-order valence-corrected chi connectivity index (χ3v) is 5.40. The molecule has 0 aliphatic rings. The molecule has 0 bridgehead atoms. The minimum Gasteiger partial charge on any atom is -0.465 e. The Morgan fingerprint density at radius 1 is 1.07 bits per heavy atom. The molecule has 0 aliphatic carbocycles. The molecule has 5 nitrogen and oxygen atoms in total. The highest BCUT2D eigenvalue weighted by molar-refractivity contribution is 7.18. The van der Waals surface area contributed by atoms with Crippen molar-refractivity contribution in [2.75, 3.05) is 7.11 Å². The minimum absolute atomic E-state index is 0.134. The van der Waals surface area contributed by atoms with Gasteiger partial charge in [0, 0.05) is 6.20 Å². The van der Waals surface area contributed by atoms with Crippen LogP contribution in [0, 0.1) is 5.92 Å². The van der Waals surface area contributed by atoms with Gasteiger partial charge in [-0.15, -0.1) is 11.3 Å². The van der Waals surface area contributed by atoms with Gasteiger partial charge >= 0.3 is 5.97 Å². The van der Waals surface area contributed by atoms with Crippen molar-refractivity contribution in [3.63, 3.8) is 0 Å². The number of Topliss-reactive ketones (excluding diaryl/α,β-unsaturated/α-hetero) is 2. The number of hydrogen-bond donors (Lipinski definition) is 0.